The molecule has 2 saturated carbocycles. The highest BCUT2D eigenvalue weighted by molar-refractivity contribution is 7.91. The van der Waals surface area contributed by atoms with Gasteiger partial charge in [-0.2, -0.15) is 0 Å². The summed E-state index contributed by atoms with van der Waals surface area (Å²) in [5, 5.41) is 1.44. The van der Waals surface area contributed by atoms with Crippen molar-refractivity contribution < 1.29 is 46.5 Å². The third-order valence-electron chi connectivity index (χ3n) is 12.6. The van der Waals surface area contributed by atoms with Gasteiger partial charge in [0.1, 0.15) is 24.9 Å². The second-order valence-electron chi connectivity index (χ2n) is 18.2. The Bertz CT molecular complexity index is 2060. The van der Waals surface area contributed by atoms with E-state index in [1.165, 1.54) is 0 Å². The molecule has 7 atom stereocenters. The fourth-order valence-electron chi connectivity index (χ4n) is 8.90. The number of carbonyl (C=O) groups excluding carboxylic acids is 4. The van der Waals surface area contributed by atoms with Crippen LogP contribution < -0.4 is 18.9 Å². The Kier molecular flexibility index (Phi) is 11.2. The van der Waals surface area contributed by atoms with Gasteiger partial charge in [0.15, 0.2) is 17.3 Å². The number of hydrogen-bond acceptors (Lipinski definition) is 11. The van der Waals surface area contributed by atoms with Crippen molar-refractivity contribution in [3.63, 3.8) is 0 Å². The minimum absolute atomic E-state index is 0.0456. The molecule has 0 bridgehead atoms. The minimum Gasteiger partial charge on any atom is -0.486 e. The van der Waals surface area contributed by atoms with Crippen molar-refractivity contribution >= 4 is 44.4 Å². The van der Waals surface area contributed by atoms with Crippen LogP contribution in [0.3, 0.4) is 0 Å². The summed E-state index contributed by atoms with van der Waals surface area (Å²) in [6.45, 7) is 12.0. The van der Waals surface area contributed by atoms with Crippen LogP contribution in [0.5, 0.6) is 17.4 Å². The monoisotopic (exact) mass is 807 g/mol. The van der Waals surface area contributed by atoms with Crippen LogP contribution in [-0.2, 0) is 33.9 Å². The zero-order valence-corrected chi connectivity index (χ0v) is 34.8. The second kappa shape index (κ2) is 15.5. The van der Waals surface area contributed by atoms with Crippen molar-refractivity contribution in [2.45, 2.75) is 128 Å². The summed E-state index contributed by atoms with van der Waals surface area (Å²) in [5.41, 5.74) is -2.03. The molecule has 13 nitrogen and oxygen atoms in total. The molecule has 1 aromatic heterocycles. The van der Waals surface area contributed by atoms with Crippen LogP contribution in [0.1, 0.15) is 106 Å². The number of esters is 1. The number of benzene rings is 1. The zero-order chi connectivity index (χ0) is 40.9. The molecule has 1 N–H and O–H groups in total. The molecule has 0 radical (unpaired) electrons. The predicted octanol–water partition coefficient (Wildman–Crippen LogP) is 6.07. The molecule has 310 valence electrons. The van der Waals surface area contributed by atoms with Gasteiger partial charge >= 0.3 is 5.97 Å². The summed E-state index contributed by atoms with van der Waals surface area (Å²) in [5.74, 6) is -1.39. The normalized spacial score (nSPS) is 30.6. The first-order chi connectivity index (χ1) is 26.9. The number of amides is 2. The van der Waals surface area contributed by atoms with Crippen LogP contribution in [0.15, 0.2) is 36.5 Å². The fraction of sp³-hybridized carbons (Fsp3) is 0.651. The molecule has 2 aliphatic carbocycles. The predicted molar refractivity (Wildman–Crippen MR) is 212 cm³/mol. The number of fused-ring (bicyclic) bond motifs is 5. The lowest BCUT2D eigenvalue weighted by Crippen LogP contribution is -2.48. The van der Waals surface area contributed by atoms with E-state index in [1.807, 2.05) is 31.2 Å². The Morgan fingerprint density at radius 2 is 1.82 bits per heavy atom. The Labute approximate surface area is 335 Å². The van der Waals surface area contributed by atoms with Crippen LogP contribution in [0.4, 0.5) is 0 Å². The summed E-state index contributed by atoms with van der Waals surface area (Å²) in [7, 11) is -3.96. The van der Waals surface area contributed by atoms with Gasteiger partial charge in [-0.1, -0.05) is 32.4 Å². The lowest BCUT2D eigenvalue weighted by atomic mass is 9.79. The molecule has 14 heteroatoms. The van der Waals surface area contributed by atoms with E-state index >= 15 is 4.79 Å². The number of carbonyl (C=O) groups is 4. The third-order valence-corrected chi connectivity index (χ3v) is 14.8. The second-order valence-corrected chi connectivity index (χ2v) is 20.4. The van der Waals surface area contributed by atoms with Gasteiger partial charge in [-0.15, -0.1) is 0 Å². The maximum atomic E-state index is 15.1. The highest BCUT2D eigenvalue weighted by Gasteiger charge is 2.62. The van der Waals surface area contributed by atoms with Crippen molar-refractivity contribution in [2.24, 2.45) is 29.1 Å². The number of pyridine rings is 1. The van der Waals surface area contributed by atoms with E-state index in [0.29, 0.717) is 68.1 Å². The molecule has 3 aliphatic heterocycles. The van der Waals surface area contributed by atoms with E-state index in [2.05, 4.69) is 16.6 Å². The first kappa shape index (κ1) is 41.0. The molecular weight excluding hydrogens is 751 g/mol. The number of hydrogen-bond donors (Lipinski definition) is 1. The summed E-state index contributed by atoms with van der Waals surface area (Å²) in [4.78, 5) is 63.4. The molecule has 5 aliphatic rings. The highest BCUT2D eigenvalue weighted by atomic mass is 32.2. The van der Waals surface area contributed by atoms with Crippen LogP contribution in [0.2, 0.25) is 0 Å². The third kappa shape index (κ3) is 8.52. The number of sulfonamides is 1. The number of nitrogens with zero attached hydrogens (tertiary/aromatic N) is 2. The van der Waals surface area contributed by atoms with E-state index < -0.39 is 55.7 Å². The van der Waals surface area contributed by atoms with Gasteiger partial charge < -0.3 is 23.8 Å². The first-order valence-corrected chi connectivity index (χ1v) is 22.0. The molecule has 1 aromatic carbocycles. The van der Waals surface area contributed by atoms with E-state index in [0.717, 1.165) is 18.2 Å². The molecule has 7 rings (SSSR count). The molecule has 0 spiro atoms. The fourth-order valence-corrected chi connectivity index (χ4v) is 10.2. The Balaban J connectivity index is 1.24. The van der Waals surface area contributed by atoms with E-state index in [9.17, 15) is 22.8 Å². The summed E-state index contributed by atoms with van der Waals surface area (Å²) in [6, 6.07) is 4.48. The molecule has 4 heterocycles. The standard InChI is InChI=1S/C43H57N3O10S/c1-7-27-20-26(2)10-8-9-11-28-23-43(28,40(50)45-57(51,52)42(6)15-16-42)24-34(47)33-21-29(25-46(33)39(49)32(27)22-36(48)56-41(3,4)5)55-38-31-12-13-35-37(54-19-18-53-35)30(31)14-17-44-38/h9,11-14,17,26-29,32-33H,7-8,10,15-16,18-25H2,1-6H3,(H,45,50)/b11-9-/t26-,27-,28-,29-,32+,33+,43-/m1/s1. The lowest BCUT2D eigenvalue weighted by molar-refractivity contribution is -0.160. The number of aromatic nitrogens is 1. The van der Waals surface area contributed by atoms with Gasteiger partial charge in [-0.05, 0) is 102 Å². The van der Waals surface area contributed by atoms with Crippen molar-refractivity contribution in [3.8, 4) is 17.4 Å². The van der Waals surface area contributed by atoms with Gasteiger partial charge in [0.05, 0.1) is 35.1 Å². The van der Waals surface area contributed by atoms with Crippen molar-refractivity contribution in [1.82, 2.24) is 14.6 Å². The largest absolute Gasteiger partial charge is 0.486 e. The Hall–Kier alpha value is -4.20. The van der Waals surface area contributed by atoms with Crippen molar-refractivity contribution in [2.75, 3.05) is 19.8 Å². The average molecular weight is 808 g/mol. The summed E-state index contributed by atoms with van der Waals surface area (Å²) in [6.07, 6.45) is 8.77. The number of Topliss-reactive ketones (excluding diaryl/α,β-unsaturated/α-hetero) is 1. The Morgan fingerprint density at radius 3 is 2.54 bits per heavy atom. The number of nitrogens with one attached hydrogen (secondary N) is 1. The van der Waals surface area contributed by atoms with E-state index in [4.69, 9.17) is 18.9 Å². The van der Waals surface area contributed by atoms with Gasteiger partial charge in [0.25, 0.3) is 0 Å². The molecule has 57 heavy (non-hydrogen) atoms. The molecule has 2 amide bonds. The zero-order valence-electron chi connectivity index (χ0n) is 34.0. The maximum Gasteiger partial charge on any atom is 0.307 e. The van der Waals surface area contributed by atoms with Crippen LogP contribution in [-0.4, -0.2) is 84.1 Å². The van der Waals surface area contributed by atoms with Crippen LogP contribution >= 0.6 is 0 Å². The topological polar surface area (TPSA) is 168 Å². The molecule has 0 unspecified atom stereocenters. The first-order valence-electron chi connectivity index (χ1n) is 20.6. The van der Waals surface area contributed by atoms with E-state index in [-0.39, 0.29) is 55.3 Å². The number of ether oxygens (including phenoxy) is 4. The lowest BCUT2D eigenvalue weighted by Gasteiger charge is -2.33. The average Bonchev–Trinajstić information content (AvgIpc) is 4.03. The smallest absolute Gasteiger partial charge is 0.307 e. The van der Waals surface area contributed by atoms with Gasteiger partial charge in [0, 0.05) is 29.8 Å². The van der Waals surface area contributed by atoms with Crippen molar-refractivity contribution in [1.29, 1.82) is 0 Å². The summed E-state index contributed by atoms with van der Waals surface area (Å²) >= 11 is 0. The Morgan fingerprint density at radius 1 is 1.07 bits per heavy atom. The van der Waals surface area contributed by atoms with Gasteiger partial charge in [-0.3, -0.25) is 23.9 Å². The number of rotatable bonds is 8. The van der Waals surface area contributed by atoms with E-state index in [1.54, 1.807) is 44.9 Å². The SMILES string of the molecule is CC[C@@H]1C[C@H](C)CC/C=C\[C@@H]2C[C@@]2(C(=O)NS(=O)(=O)C2(C)CC2)CC(=O)[C@@H]2C[C@@H](Oc3nccc4c5c(ccc34)OCCO5)CN2C(=O)[C@H]1CC(=O)OC(C)(C)C. The maximum absolute atomic E-state index is 15.1. The highest BCUT2D eigenvalue weighted by Crippen LogP contribution is 2.58. The minimum atomic E-state index is -3.96. The van der Waals surface area contributed by atoms with Crippen molar-refractivity contribution in [3.05, 3.63) is 36.5 Å². The van der Waals surface area contributed by atoms with Gasteiger partial charge in [0.2, 0.25) is 27.7 Å². The molecule has 2 aromatic rings. The molecule has 1 saturated heterocycles. The van der Waals surface area contributed by atoms with Crippen LogP contribution in [0.25, 0.3) is 10.8 Å². The van der Waals surface area contributed by atoms with Gasteiger partial charge in [-0.25, -0.2) is 13.4 Å². The number of ketones is 1. The molecule has 3 fully saturated rings. The molecular formula is C43H57N3O10S. The number of allylic oxidation sites excluding steroid dienone is 2. The summed E-state index contributed by atoms with van der Waals surface area (Å²) < 4.78 is 51.9. The van der Waals surface area contributed by atoms with Crippen LogP contribution in [0, 0.1) is 29.1 Å². The quantitative estimate of drug-likeness (QED) is 0.243.